The minimum absolute atomic E-state index is 0.0229. The number of hydrogen-bond acceptors (Lipinski definition) is 8. The van der Waals surface area contributed by atoms with Crippen LogP contribution in [0.5, 0.6) is 11.5 Å². The Hall–Kier alpha value is -2.42. The second-order valence-corrected chi connectivity index (χ2v) is 8.94. The summed E-state index contributed by atoms with van der Waals surface area (Å²) in [5, 5.41) is 0. The van der Waals surface area contributed by atoms with Crippen LogP contribution in [0.2, 0.25) is 0 Å². The Morgan fingerprint density at radius 2 is 1.94 bits per heavy atom. The summed E-state index contributed by atoms with van der Waals surface area (Å²) in [4.78, 5) is 25.9. The molecule has 0 aliphatic carbocycles. The summed E-state index contributed by atoms with van der Waals surface area (Å²) in [6.07, 6.45) is 3.28. The Kier molecular flexibility index (Phi) is 6.04. The molecule has 0 amide bonds. The summed E-state index contributed by atoms with van der Waals surface area (Å²) in [5.41, 5.74) is -0.187. The molecular formula is C24H30O8. The SMILES string of the molecule is COCOc1cc(OC)cc2c1C(=O)O[C@@H](C)C/C=C\C(=O)[C@H]1OC(C)(C)C3(CC2)O[C@H]13. The molecule has 2 saturated heterocycles. The summed E-state index contributed by atoms with van der Waals surface area (Å²) in [5.74, 6) is 0.265. The molecular weight excluding hydrogens is 416 g/mol. The molecule has 1 unspecified atom stereocenters. The Morgan fingerprint density at radius 1 is 1.16 bits per heavy atom. The van der Waals surface area contributed by atoms with Gasteiger partial charge in [0.05, 0.1) is 12.7 Å². The molecule has 1 aromatic rings. The van der Waals surface area contributed by atoms with Crippen LogP contribution in [0.4, 0.5) is 0 Å². The van der Waals surface area contributed by atoms with Gasteiger partial charge in [-0.3, -0.25) is 4.79 Å². The highest BCUT2D eigenvalue weighted by Gasteiger charge is 2.75. The second-order valence-electron chi connectivity index (χ2n) is 8.94. The van der Waals surface area contributed by atoms with Gasteiger partial charge in [-0.2, -0.15) is 0 Å². The summed E-state index contributed by atoms with van der Waals surface area (Å²) in [6.45, 7) is 5.64. The van der Waals surface area contributed by atoms with Crippen molar-refractivity contribution in [1.29, 1.82) is 0 Å². The topological polar surface area (TPSA) is 92.8 Å². The van der Waals surface area contributed by atoms with Gasteiger partial charge < -0.3 is 28.4 Å². The molecule has 2 bridgehead atoms. The lowest BCUT2D eigenvalue weighted by Crippen LogP contribution is -2.39. The zero-order valence-electron chi connectivity index (χ0n) is 19.1. The molecule has 32 heavy (non-hydrogen) atoms. The molecule has 0 saturated carbocycles. The number of epoxide rings is 1. The number of aryl methyl sites for hydroxylation is 1. The quantitative estimate of drug-likeness (QED) is 0.396. The maximum absolute atomic E-state index is 13.2. The van der Waals surface area contributed by atoms with E-state index >= 15 is 0 Å². The van der Waals surface area contributed by atoms with E-state index in [1.807, 2.05) is 19.9 Å². The third-order valence-corrected chi connectivity index (χ3v) is 6.49. The average molecular weight is 446 g/mol. The lowest BCUT2D eigenvalue weighted by molar-refractivity contribution is -0.143. The molecule has 3 aliphatic rings. The third-order valence-electron chi connectivity index (χ3n) is 6.49. The van der Waals surface area contributed by atoms with Crippen molar-refractivity contribution >= 4 is 11.8 Å². The largest absolute Gasteiger partial charge is 0.497 e. The summed E-state index contributed by atoms with van der Waals surface area (Å²) in [7, 11) is 3.07. The Balaban J connectivity index is 1.76. The number of carbonyl (C=O) groups excluding carboxylic acids is 2. The van der Waals surface area contributed by atoms with Crippen molar-refractivity contribution in [2.24, 2.45) is 0 Å². The van der Waals surface area contributed by atoms with Crippen LogP contribution in [0.3, 0.4) is 0 Å². The average Bonchev–Trinajstić information content (AvgIpc) is 3.44. The maximum atomic E-state index is 13.2. The number of rotatable bonds is 4. The molecule has 4 atom stereocenters. The highest BCUT2D eigenvalue weighted by molar-refractivity contribution is 5.96. The van der Waals surface area contributed by atoms with Gasteiger partial charge in [0.2, 0.25) is 0 Å². The van der Waals surface area contributed by atoms with Crippen LogP contribution in [0.1, 0.15) is 49.5 Å². The van der Waals surface area contributed by atoms with Crippen molar-refractivity contribution in [3.05, 3.63) is 35.4 Å². The molecule has 0 radical (unpaired) electrons. The number of cyclic esters (lactones) is 1. The summed E-state index contributed by atoms with van der Waals surface area (Å²) < 4.78 is 34.1. The number of ketones is 1. The lowest BCUT2D eigenvalue weighted by atomic mass is 9.83. The molecule has 0 spiro atoms. The van der Waals surface area contributed by atoms with E-state index in [4.69, 9.17) is 28.4 Å². The summed E-state index contributed by atoms with van der Waals surface area (Å²) >= 11 is 0. The Morgan fingerprint density at radius 3 is 2.62 bits per heavy atom. The number of hydrogen-bond donors (Lipinski definition) is 0. The van der Waals surface area contributed by atoms with Crippen LogP contribution in [0.15, 0.2) is 24.3 Å². The van der Waals surface area contributed by atoms with Gasteiger partial charge >= 0.3 is 5.97 Å². The van der Waals surface area contributed by atoms with Gasteiger partial charge in [-0.25, -0.2) is 4.79 Å². The minimum atomic E-state index is -0.645. The van der Waals surface area contributed by atoms with Crippen molar-refractivity contribution in [3.63, 3.8) is 0 Å². The first-order valence-corrected chi connectivity index (χ1v) is 10.8. The molecule has 3 aliphatic heterocycles. The van der Waals surface area contributed by atoms with E-state index in [1.165, 1.54) is 13.2 Å². The zero-order chi connectivity index (χ0) is 23.1. The monoisotopic (exact) mass is 446 g/mol. The van der Waals surface area contributed by atoms with Gasteiger partial charge in [0.15, 0.2) is 12.6 Å². The molecule has 0 N–H and O–H groups in total. The van der Waals surface area contributed by atoms with Gasteiger partial charge in [0, 0.05) is 19.6 Å². The predicted octanol–water partition coefficient (Wildman–Crippen LogP) is 3.00. The van der Waals surface area contributed by atoms with E-state index < -0.39 is 29.4 Å². The van der Waals surface area contributed by atoms with Crippen molar-refractivity contribution < 1.29 is 38.0 Å². The molecule has 0 aromatic heterocycles. The van der Waals surface area contributed by atoms with Gasteiger partial charge in [-0.05, 0) is 51.3 Å². The number of esters is 1. The van der Waals surface area contributed by atoms with Crippen molar-refractivity contribution in [2.75, 3.05) is 21.0 Å². The highest BCUT2D eigenvalue weighted by atomic mass is 16.7. The van der Waals surface area contributed by atoms with Crippen molar-refractivity contribution in [2.45, 2.75) is 69.5 Å². The highest BCUT2D eigenvalue weighted by Crippen LogP contribution is 2.58. The van der Waals surface area contributed by atoms with Gasteiger partial charge in [0.1, 0.15) is 41.0 Å². The molecule has 4 rings (SSSR count). The molecule has 1 aromatic carbocycles. The minimum Gasteiger partial charge on any atom is -0.497 e. The fraction of sp³-hybridized carbons (Fsp3) is 0.583. The Labute approximate surface area is 187 Å². The number of methoxy groups -OCH3 is 2. The number of benzene rings is 1. The van der Waals surface area contributed by atoms with E-state index in [0.717, 1.165) is 5.56 Å². The number of ether oxygens (including phenoxy) is 6. The summed E-state index contributed by atoms with van der Waals surface area (Å²) in [6, 6.07) is 3.46. The van der Waals surface area contributed by atoms with Crippen LogP contribution in [-0.2, 0) is 30.2 Å². The van der Waals surface area contributed by atoms with E-state index in [2.05, 4.69) is 0 Å². The maximum Gasteiger partial charge on any atom is 0.342 e. The molecule has 2 fully saturated rings. The van der Waals surface area contributed by atoms with E-state index in [1.54, 1.807) is 26.2 Å². The predicted molar refractivity (Wildman–Crippen MR) is 114 cm³/mol. The van der Waals surface area contributed by atoms with E-state index in [-0.39, 0.29) is 18.7 Å². The molecule has 3 heterocycles. The molecule has 8 heteroatoms. The standard InChI is InChI=1S/C24H30O8/c1-14-7-6-8-17(25)20-21-24(32-21,23(2,3)31-20)10-9-15-11-16(28-5)12-18(29-13-27-4)19(15)22(26)30-14/h6,8,11-12,14,20-21H,7,9-10,13H2,1-5H3/b8-6-/t14-,20+,21+,24?/m0/s1. The van der Waals surface area contributed by atoms with Crippen molar-refractivity contribution in [3.8, 4) is 11.5 Å². The van der Waals surface area contributed by atoms with Crippen LogP contribution in [-0.4, -0.2) is 62.3 Å². The fourth-order valence-corrected chi connectivity index (χ4v) is 4.68. The van der Waals surface area contributed by atoms with Crippen LogP contribution >= 0.6 is 0 Å². The third kappa shape index (κ3) is 3.91. The molecule has 8 nitrogen and oxygen atoms in total. The van der Waals surface area contributed by atoms with Gasteiger partial charge in [-0.1, -0.05) is 6.08 Å². The first-order chi connectivity index (χ1) is 15.2. The lowest BCUT2D eigenvalue weighted by Gasteiger charge is -2.29. The van der Waals surface area contributed by atoms with Crippen molar-refractivity contribution in [1.82, 2.24) is 0 Å². The first kappa shape index (κ1) is 22.8. The van der Waals surface area contributed by atoms with E-state index in [0.29, 0.717) is 36.3 Å². The molecule has 174 valence electrons. The number of carbonyl (C=O) groups is 2. The second kappa shape index (κ2) is 8.50. The van der Waals surface area contributed by atoms with Crippen LogP contribution < -0.4 is 9.47 Å². The fourth-order valence-electron chi connectivity index (χ4n) is 4.68. The van der Waals surface area contributed by atoms with E-state index in [9.17, 15) is 9.59 Å². The zero-order valence-corrected chi connectivity index (χ0v) is 19.1. The normalized spacial score (nSPS) is 32.2. The first-order valence-electron chi connectivity index (χ1n) is 10.8. The van der Waals surface area contributed by atoms with Crippen LogP contribution in [0, 0.1) is 0 Å². The van der Waals surface area contributed by atoms with Gasteiger partial charge in [0.25, 0.3) is 0 Å². The van der Waals surface area contributed by atoms with Crippen LogP contribution in [0.25, 0.3) is 0 Å². The smallest absolute Gasteiger partial charge is 0.342 e. The Bertz CT molecular complexity index is 936. The van der Waals surface area contributed by atoms with Gasteiger partial charge in [-0.15, -0.1) is 0 Å². The number of fused-ring (bicyclic) bond motifs is 1.